The molecule has 6 atom stereocenters. The Morgan fingerprint density at radius 1 is 1.25 bits per heavy atom. The summed E-state index contributed by atoms with van der Waals surface area (Å²) in [4.78, 5) is 47.1. The first-order valence-electron chi connectivity index (χ1n) is 15.1. The number of nitrogens with one attached hydrogen (secondary N) is 3. The third kappa shape index (κ3) is 6.12. The van der Waals surface area contributed by atoms with E-state index in [9.17, 15) is 22.8 Å². The first kappa shape index (κ1) is 31.7. The van der Waals surface area contributed by atoms with Crippen LogP contribution in [0.25, 0.3) is 10.8 Å². The molecule has 0 radical (unpaired) electrons. The molecular formula is C31H41N5O7S. The molecule has 3 amide bonds. The normalized spacial score (nSPS) is 26.0. The van der Waals surface area contributed by atoms with E-state index in [-0.39, 0.29) is 31.2 Å². The number of fused-ring (bicyclic) bond motifs is 1. The lowest BCUT2D eigenvalue weighted by atomic mass is 9.97. The Morgan fingerprint density at radius 2 is 2.00 bits per heavy atom. The SMILES string of the molecule is C=C[C@H]1C[C@@]1(NC(=O)[C@H]1C[C@@H](Oc2nccc3cc(OC)ccc23)CN1C(=O)[C@@H](NC)[C@@H](C)CC)C(=O)NS(=O)(=O)C1CC1. The number of hydrogen-bond donors (Lipinski definition) is 3. The Balaban J connectivity index is 1.40. The molecule has 5 rings (SSSR count). The summed E-state index contributed by atoms with van der Waals surface area (Å²) in [5.74, 6) is -0.991. The van der Waals surface area contributed by atoms with Crippen LogP contribution in [0.3, 0.4) is 0 Å². The van der Waals surface area contributed by atoms with Gasteiger partial charge in [0.05, 0.1) is 24.9 Å². The number of ether oxygens (including phenoxy) is 2. The predicted octanol–water partition coefficient (Wildman–Crippen LogP) is 1.90. The lowest BCUT2D eigenvalue weighted by Gasteiger charge is -2.31. The molecule has 12 nitrogen and oxygen atoms in total. The van der Waals surface area contributed by atoms with E-state index in [1.807, 2.05) is 32.0 Å². The summed E-state index contributed by atoms with van der Waals surface area (Å²) in [5, 5.41) is 6.93. The third-order valence-corrected chi connectivity index (χ3v) is 10.9. The number of benzene rings is 1. The third-order valence-electron chi connectivity index (χ3n) is 9.10. The van der Waals surface area contributed by atoms with Crippen molar-refractivity contribution in [2.24, 2.45) is 11.8 Å². The maximum absolute atomic E-state index is 14.0. The number of carbonyl (C=O) groups is 3. The molecule has 2 aliphatic carbocycles. The first-order valence-corrected chi connectivity index (χ1v) is 16.6. The number of likely N-dealkylation sites (N-methyl/N-ethyl adjacent to an activating group) is 1. The van der Waals surface area contributed by atoms with Gasteiger partial charge in [-0.1, -0.05) is 26.3 Å². The number of pyridine rings is 1. The largest absolute Gasteiger partial charge is 0.497 e. The fourth-order valence-corrected chi connectivity index (χ4v) is 7.33. The average molecular weight is 628 g/mol. The molecule has 3 aliphatic rings. The van der Waals surface area contributed by atoms with Crippen molar-refractivity contribution in [3.63, 3.8) is 0 Å². The van der Waals surface area contributed by atoms with Crippen molar-refractivity contribution in [1.82, 2.24) is 25.2 Å². The molecule has 3 N–H and O–H groups in total. The van der Waals surface area contributed by atoms with E-state index < -0.39 is 56.7 Å². The Bertz CT molecular complexity index is 1560. The number of hydrogen-bond acceptors (Lipinski definition) is 9. The molecule has 1 aromatic carbocycles. The Hall–Kier alpha value is -3.71. The molecule has 1 aliphatic heterocycles. The van der Waals surface area contributed by atoms with Gasteiger partial charge < -0.3 is 25.0 Å². The van der Waals surface area contributed by atoms with Crippen LogP contribution >= 0.6 is 0 Å². The molecule has 238 valence electrons. The second kappa shape index (κ2) is 12.4. The summed E-state index contributed by atoms with van der Waals surface area (Å²) in [6.07, 6.45) is 4.69. The summed E-state index contributed by atoms with van der Waals surface area (Å²) in [6, 6.07) is 5.86. The molecule has 2 saturated carbocycles. The number of sulfonamides is 1. The van der Waals surface area contributed by atoms with Crippen LogP contribution in [0.4, 0.5) is 0 Å². The van der Waals surface area contributed by atoms with Gasteiger partial charge >= 0.3 is 0 Å². The van der Waals surface area contributed by atoms with E-state index in [1.165, 1.54) is 11.0 Å². The van der Waals surface area contributed by atoms with E-state index in [0.717, 1.165) is 17.2 Å². The summed E-state index contributed by atoms with van der Waals surface area (Å²) in [6.45, 7) is 7.84. The van der Waals surface area contributed by atoms with Gasteiger partial charge in [-0.25, -0.2) is 13.4 Å². The summed E-state index contributed by atoms with van der Waals surface area (Å²) in [5.41, 5.74) is -1.45. The minimum atomic E-state index is -3.83. The van der Waals surface area contributed by atoms with E-state index >= 15 is 0 Å². The van der Waals surface area contributed by atoms with Crippen molar-refractivity contribution in [2.75, 3.05) is 20.7 Å². The summed E-state index contributed by atoms with van der Waals surface area (Å²) >= 11 is 0. The standard InChI is InChI=1S/C31H41N5O7S/c1-6-18(3)26(32-4)29(38)36-17-22(43-28-24-11-8-21(42-5)14-19(24)12-13-33-28)15-25(36)27(37)34-31(16-20(31)7-2)30(39)35-44(40,41)23-9-10-23/h7-8,11-14,18,20,22-23,25-26,32H,2,6,9-10,15-17H2,1,3-5H3,(H,34,37)(H,35,39)/t18-,20-,22+,25+,26-,31-/m0/s1. The Labute approximate surface area is 258 Å². The van der Waals surface area contributed by atoms with E-state index in [2.05, 4.69) is 26.9 Å². The maximum atomic E-state index is 14.0. The fraction of sp³-hybridized carbons (Fsp3) is 0.548. The van der Waals surface area contributed by atoms with Crippen molar-refractivity contribution >= 4 is 38.5 Å². The number of carbonyl (C=O) groups excluding carboxylic acids is 3. The molecule has 0 unspecified atom stereocenters. The molecule has 13 heteroatoms. The van der Waals surface area contributed by atoms with Crippen LogP contribution < -0.4 is 24.8 Å². The number of likely N-dealkylation sites (tertiary alicyclic amines) is 1. The van der Waals surface area contributed by atoms with E-state index in [1.54, 1.807) is 26.4 Å². The molecule has 2 heterocycles. The summed E-state index contributed by atoms with van der Waals surface area (Å²) < 4.78 is 38.9. The zero-order chi connectivity index (χ0) is 31.8. The van der Waals surface area contributed by atoms with Crippen LogP contribution in [0.2, 0.25) is 0 Å². The molecule has 44 heavy (non-hydrogen) atoms. The predicted molar refractivity (Wildman–Crippen MR) is 164 cm³/mol. The lowest BCUT2D eigenvalue weighted by molar-refractivity contribution is -0.142. The van der Waals surface area contributed by atoms with Gasteiger partial charge in [-0.2, -0.15) is 0 Å². The van der Waals surface area contributed by atoms with Crippen LogP contribution in [-0.2, 0) is 24.4 Å². The molecule has 0 bridgehead atoms. The van der Waals surface area contributed by atoms with Crippen LogP contribution in [0, 0.1) is 11.8 Å². The smallest absolute Gasteiger partial charge is 0.259 e. The number of nitrogens with zero attached hydrogens (tertiary/aromatic N) is 2. The first-order chi connectivity index (χ1) is 21.0. The second-order valence-corrected chi connectivity index (χ2v) is 14.0. The van der Waals surface area contributed by atoms with Crippen LogP contribution in [0.5, 0.6) is 11.6 Å². The van der Waals surface area contributed by atoms with E-state index in [4.69, 9.17) is 9.47 Å². The van der Waals surface area contributed by atoms with E-state index in [0.29, 0.717) is 24.5 Å². The second-order valence-electron chi connectivity index (χ2n) is 12.0. The highest BCUT2D eigenvalue weighted by molar-refractivity contribution is 7.91. The highest BCUT2D eigenvalue weighted by Gasteiger charge is 2.62. The number of aromatic nitrogens is 1. The van der Waals surface area contributed by atoms with Crippen molar-refractivity contribution in [1.29, 1.82) is 0 Å². The van der Waals surface area contributed by atoms with Gasteiger partial charge in [0.1, 0.15) is 23.4 Å². The number of rotatable bonds is 13. The van der Waals surface area contributed by atoms with Gasteiger partial charge in [-0.05, 0) is 61.9 Å². The topological polar surface area (TPSA) is 156 Å². The minimum Gasteiger partial charge on any atom is -0.497 e. The minimum absolute atomic E-state index is 0.00998. The van der Waals surface area contributed by atoms with Crippen LogP contribution in [0.15, 0.2) is 43.1 Å². The zero-order valence-electron chi connectivity index (χ0n) is 25.5. The maximum Gasteiger partial charge on any atom is 0.259 e. The number of methoxy groups -OCH3 is 1. The van der Waals surface area contributed by atoms with Gasteiger partial charge in [0, 0.05) is 23.9 Å². The molecule has 3 fully saturated rings. The lowest BCUT2D eigenvalue weighted by Crippen LogP contribution is -2.58. The molecule has 0 spiro atoms. The Morgan fingerprint density at radius 3 is 2.61 bits per heavy atom. The van der Waals surface area contributed by atoms with Gasteiger partial charge in [0.15, 0.2) is 0 Å². The van der Waals surface area contributed by atoms with Gasteiger partial charge in [-0.3, -0.25) is 19.1 Å². The fourth-order valence-electron chi connectivity index (χ4n) is 5.97. The number of amides is 3. The molecule has 2 aromatic rings. The Kier molecular flexibility index (Phi) is 8.90. The average Bonchev–Trinajstić information content (AvgIpc) is 3.94. The highest BCUT2D eigenvalue weighted by atomic mass is 32.2. The van der Waals surface area contributed by atoms with Gasteiger partial charge in [0.2, 0.25) is 27.7 Å². The van der Waals surface area contributed by atoms with Crippen molar-refractivity contribution in [3.8, 4) is 11.6 Å². The molecule has 1 aromatic heterocycles. The van der Waals surface area contributed by atoms with Crippen molar-refractivity contribution in [3.05, 3.63) is 43.1 Å². The van der Waals surface area contributed by atoms with Crippen molar-refractivity contribution in [2.45, 2.75) is 74.9 Å². The highest BCUT2D eigenvalue weighted by Crippen LogP contribution is 2.45. The monoisotopic (exact) mass is 627 g/mol. The molecular weight excluding hydrogens is 586 g/mol. The van der Waals surface area contributed by atoms with Crippen LogP contribution in [-0.4, -0.2) is 85.7 Å². The van der Waals surface area contributed by atoms with Gasteiger partial charge in [-0.15, -0.1) is 6.58 Å². The zero-order valence-corrected chi connectivity index (χ0v) is 26.4. The van der Waals surface area contributed by atoms with Gasteiger partial charge in [0.25, 0.3) is 5.91 Å². The molecule has 1 saturated heterocycles. The van der Waals surface area contributed by atoms with Crippen LogP contribution in [0.1, 0.15) is 46.0 Å². The quantitative estimate of drug-likeness (QED) is 0.282. The van der Waals surface area contributed by atoms with Crippen molar-refractivity contribution < 1.29 is 32.3 Å². The summed E-state index contributed by atoms with van der Waals surface area (Å²) in [7, 11) is -0.528.